The van der Waals surface area contributed by atoms with Crippen LogP contribution in [-0.4, -0.2) is 30.6 Å². The first-order valence-electron chi connectivity index (χ1n) is 6.96. The lowest BCUT2D eigenvalue weighted by atomic mass is 9.96. The lowest BCUT2D eigenvalue weighted by molar-refractivity contribution is -0.122. The number of piperidine rings is 1. The van der Waals surface area contributed by atoms with Gasteiger partial charge in [0.05, 0.1) is 6.10 Å². The van der Waals surface area contributed by atoms with Gasteiger partial charge in [0.25, 0.3) is 0 Å². The van der Waals surface area contributed by atoms with Crippen LogP contribution in [-0.2, 0) is 4.79 Å². The smallest absolute Gasteiger partial charge is 0.220 e. The van der Waals surface area contributed by atoms with Gasteiger partial charge in [0.2, 0.25) is 5.91 Å². The van der Waals surface area contributed by atoms with Crippen LogP contribution in [0.3, 0.4) is 0 Å². The summed E-state index contributed by atoms with van der Waals surface area (Å²) in [5.41, 5.74) is 0.835. The summed E-state index contributed by atoms with van der Waals surface area (Å²) in [6.45, 7) is 2.27. The Hall–Kier alpha value is -1.39. The van der Waals surface area contributed by atoms with Crippen molar-refractivity contribution in [3.8, 4) is 0 Å². The van der Waals surface area contributed by atoms with Gasteiger partial charge in [0, 0.05) is 13.0 Å². The van der Waals surface area contributed by atoms with E-state index in [1.54, 1.807) is 0 Å². The molecule has 0 saturated carbocycles. The minimum Gasteiger partial charge on any atom is -0.387 e. The van der Waals surface area contributed by atoms with E-state index in [-0.39, 0.29) is 12.5 Å². The Morgan fingerprint density at radius 2 is 2.21 bits per heavy atom. The van der Waals surface area contributed by atoms with Crippen LogP contribution >= 0.6 is 0 Å². The molecule has 4 heteroatoms. The molecule has 1 aliphatic heterocycles. The number of nitrogens with one attached hydrogen (secondary N) is 2. The molecule has 4 nitrogen and oxygen atoms in total. The maximum Gasteiger partial charge on any atom is 0.220 e. The zero-order valence-electron chi connectivity index (χ0n) is 11.1. The average molecular weight is 262 g/mol. The Kier molecular flexibility index (Phi) is 5.36. The quantitative estimate of drug-likeness (QED) is 0.748. The Labute approximate surface area is 114 Å². The highest BCUT2D eigenvalue weighted by atomic mass is 16.3. The number of benzene rings is 1. The van der Waals surface area contributed by atoms with Crippen molar-refractivity contribution < 1.29 is 9.90 Å². The highest BCUT2D eigenvalue weighted by molar-refractivity contribution is 5.76. The van der Waals surface area contributed by atoms with E-state index < -0.39 is 6.10 Å². The molecule has 1 aliphatic rings. The van der Waals surface area contributed by atoms with Gasteiger partial charge < -0.3 is 15.7 Å². The minimum absolute atomic E-state index is 0.0312. The monoisotopic (exact) mass is 262 g/mol. The summed E-state index contributed by atoms with van der Waals surface area (Å²) in [5, 5.41) is 16.1. The van der Waals surface area contributed by atoms with Gasteiger partial charge in [-0.25, -0.2) is 0 Å². The molecule has 2 atom stereocenters. The molecule has 0 aliphatic carbocycles. The molecule has 1 amide bonds. The van der Waals surface area contributed by atoms with Crippen LogP contribution in [0, 0.1) is 5.92 Å². The Bertz CT molecular complexity index is 388. The maximum atomic E-state index is 11.8. The van der Waals surface area contributed by atoms with Crippen LogP contribution in [0.5, 0.6) is 0 Å². The molecule has 2 unspecified atom stereocenters. The fourth-order valence-electron chi connectivity index (χ4n) is 2.44. The summed E-state index contributed by atoms with van der Waals surface area (Å²) in [6.07, 6.45) is 2.18. The first-order valence-corrected chi connectivity index (χ1v) is 6.96. The van der Waals surface area contributed by atoms with E-state index in [2.05, 4.69) is 10.6 Å². The second-order valence-corrected chi connectivity index (χ2v) is 5.15. The molecule has 1 saturated heterocycles. The van der Waals surface area contributed by atoms with Gasteiger partial charge in [-0.15, -0.1) is 0 Å². The predicted molar refractivity (Wildman–Crippen MR) is 74.6 cm³/mol. The molecule has 104 valence electrons. The molecule has 19 heavy (non-hydrogen) atoms. The van der Waals surface area contributed by atoms with Crippen LogP contribution < -0.4 is 10.6 Å². The number of hydrogen-bond donors (Lipinski definition) is 3. The fourth-order valence-corrected chi connectivity index (χ4v) is 2.44. The van der Waals surface area contributed by atoms with E-state index in [1.807, 2.05) is 30.3 Å². The third-order valence-corrected chi connectivity index (χ3v) is 3.55. The van der Waals surface area contributed by atoms with Crippen molar-refractivity contribution in [1.29, 1.82) is 0 Å². The zero-order valence-corrected chi connectivity index (χ0v) is 11.1. The summed E-state index contributed by atoms with van der Waals surface area (Å²) in [5.74, 6) is 0.464. The lowest BCUT2D eigenvalue weighted by Gasteiger charge is -2.22. The standard InChI is InChI=1S/C15H22N2O2/c18-14(13-6-2-1-3-7-13)11-17-15(19)9-12-5-4-8-16-10-12/h1-3,6-7,12,14,16,18H,4-5,8-11H2,(H,17,19). The first-order chi connectivity index (χ1) is 9.25. The minimum atomic E-state index is -0.630. The van der Waals surface area contributed by atoms with Crippen LogP contribution in [0.25, 0.3) is 0 Å². The van der Waals surface area contributed by atoms with Crippen molar-refractivity contribution in [1.82, 2.24) is 10.6 Å². The van der Waals surface area contributed by atoms with Gasteiger partial charge in [-0.2, -0.15) is 0 Å². The van der Waals surface area contributed by atoms with Crippen LogP contribution in [0.1, 0.15) is 30.9 Å². The summed E-state index contributed by atoms with van der Waals surface area (Å²) >= 11 is 0. The third kappa shape index (κ3) is 4.65. The van der Waals surface area contributed by atoms with Gasteiger partial charge in [0.15, 0.2) is 0 Å². The van der Waals surface area contributed by atoms with Crippen molar-refractivity contribution >= 4 is 5.91 Å². The fraction of sp³-hybridized carbons (Fsp3) is 0.533. The van der Waals surface area contributed by atoms with Crippen LogP contribution in [0.4, 0.5) is 0 Å². The van der Waals surface area contributed by atoms with E-state index >= 15 is 0 Å². The number of carbonyl (C=O) groups is 1. The second kappa shape index (κ2) is 7.26. The molecule has 0 aromatic heterocycles. The molecule has 0 bridgehead atoms. The number of aliphatic hydroxyl groups excluding tert-OH is 1. The van der Waals surface area contributed by atoms with Gasteiger partial charge in [-0.3, -0.25) is 4.79 Å². The van der Waals surface area contributed by atoms with Gasteiger partial charge >= 0.3 is 0 Å². The molecule has 0 radical (unpaired) electrons. The molecule has 1 aromatic rings. The van der Waals surface area contributed by atoms with Crippen molar-refractivity contribution in [2.24, 2.45) is 5.92 Å². The number of carbonyl (C=O) groups excluding carboxylic acids is 1. The van der Waals surface area contributed by atoms with E-state index in [1.165, 1.54) is 0 Å². The first kappa shape index (κ1) is 14.0. The molecule has 2 rings (SSSR count). The number of aliphatic hydroxyl groups is 1. The number of amides is 1. The van der Waals surface area contributed by atoms with E-state index in [4.69, 9.17) is 0 Å². The largest absolute Gasteiger partial charge is 0.387 e. The summed E-state index contributed by atoms with van der Waals surface area (Å²) in [7, 11) is 0. The Morgan fingerprint density at radius 3 is 2.89 bits per heavy atom. The lowest BCUT2D eigenvalue weighted by Crippen LogP contribution is -2.35. The topological polar surface area (TPSA) is 61.4 Å². The molecule has 1 fully saturated rings. The molecule has 1 heterocycles. The molecular weight excluding hydrogens is 240 g/mol. The molecule has 0 spiro atoms. The second-order valence-electron chi connectivity index (χ2n) is 5.15. The Morgan fingerprint density at radius 1 is 1.42 bits per heavy atom. The van der Waals surface area contributed by atoms with Crippen LogP contribution in [0.2, 0.25) is 0 Å². The molecule has 3 N–H and O–H groups in total. The van der Waals surface area contributed by atoms with Gasteiger partial charge in [0.1, 0.15) is 0 Å². The van der Waals surface area contributed by atoms with Crippen molar-refractivity contribution in [3.63, 3.8) is 0 Å². The predicted octanol–water partition coefficient (Wildman–Crippen LogP) is 1.23. The van der Waals surface area contributed by atoms with Gasteiger partial charge in [-0.05, 0) is 37.4 Å². The summed E-state index contributed by atoms with van der Waals surface area (Å²) in [6, 6.07) is 9.40. The number of hydrogen-bond acceptors (Lipinski definition) is 3. The molecule has 1 aromatic carbocycles. The Balaban J connectivity index is 1.71. The molecular formula is C15H22N2O2. The SMILES string of the molecule is O=C(CC1CCCNC1)NCC(O)c1ccccc1. The number of rotatable bonds is 5. The van der Waals surface area contributed by atoms with Crippen LogP contribution in [0.15, 0.2) is 30.3 Å². The highest BCUT2D eigenvalue weighted by Gasteiger charge is 2.17. The van der Waals surface area contributed by atoms with Crippen molar-refractivity contribution in [2.75, 3.05) is 19.6 Å². The zero-order chi connectivity index (χ0) is 13.5. The highest BCUT2D eigenvalue weighted by Crippen LogP contribution is 2.14. The summed E-state index contributed by atoms with van der Waals surface area (Å²) in [4.78, 5) is 11.8. The van der Waals surface area contributed by atoms with E-state index in [0.29, 0.717) is 12.3 Å². The van der Waals surface area contributed by atoms with E-state index in [0.717, 1.165) is 31.5 Å². The normalized spacial score (nSPS) is 20.8. The average Bonchev–Trinajstić information content (AvgIpc) is 2.47. The maximum absolute atomic E-state index is 11.8. The third-order valence-electron chi connectivity index (χ3n) is 3.55. The van der Waals surface area contributed by atoms with E-state index in [9.17, 15) is 9.90 Å². The van der Waals surface area contributed by atoms with Crippen molar-refractivity contribution in [2.45, 2.75) is 25.4 Å². The van der Waals surface area contributed by atoms with Gasteiger partial charge in [-0.1, -0.05) is 30.3 Å². The summed E-state index contributed by atoms with van der Waals surface area (Å²) < 4.78 is 0. The van der Waals surface area contributed by atoms with Crippen molar-refractivity contribution in [3.05, 3.63) is 35.9 Å².